The summed E-state index contributed by atoms with van der Waals surface area (Å²) in [5, 5.41) is 12.6. The van der Waals surface area contributed by atoms with Crippen LogP contribution < -0.4 is 5.32 Å². The van der Waals surface area contributed by atoms with Crippen molar-refractivity contribution in [1.29, 1.82) is 0 Å². The van der Waals surface area contributed by atoms with Gasteiger partial charge < -0.3 is 10.4 Å². The molecule has 0 aromatic heterocycles. The van der Waals surface area contributed by atoms with Crippen molar-refractivity contribution in [2.24, 2.45) is 0 Å². The fourth-order valence-corrected chi connectivity index (χ4v) is 2.24. The van der Waals surface area contributed by atoms with Gasteiger partial charge in [-0.05, 0) is 6.07 Å². The first-order valence-electron chi connectivity index (χ1n) is 5.79. The van der Waals surface area contributed by atoms with E-state index in [0.29, 0.717) is 26.2 Å². The lowest BCUT2D eigenvalue weighted by Gasteiger charge is -2.36. The molecule has 1 saturated heterocycles. The second kappa shape index (κ2) is 7.93. The van der Waals surface area contributed by atoms with E-state index in [2.05, 4.69) is 5.32 Å². The summed E-state index contributed by atoms with van der Waals surface area (Å²) >= 11 is 0. The van der Waals surface area contributed by atoms with Crippen LogP contribution in [-0.2, 0) is 0 Å². The standard InChI is InChI=1S/C12H15F3N2O.2ClH/c13-12(14,15)11(17-7-5-16-6-8-17)9-3-1-2-4-10(9)18;;/h1-4,11,16,18H,5-8H2;2*1H/t11-;;/m1../s1. The van der Waals surface area contributed by atoms with Crippen molar-refractivity contribution in [2.75, 3.05) is 26.2 Å². The van der Waals surface area contributed by atoms with E-state index < -0.39 is 12.2 Å². The molecule has 1 aliphatic rings. The minimum Gasteiger partial charge on any atom is -0.508 e. The summed E-state index contributed by atoms with van der Waals surface area (Å²) in [6.07, 6.45) is -4.39. The number of para-hydroxylation sites is 1. The summed E-state index contributed by atoms with van der Waals surface area (Å²) in [5.74, 6) is -0.307. The number of halogens is 5. The van der Waals surface area contributed by atoms with E-state index in [9.17, 15) is 18.3 Å². The van der Waals surface area contributed by atoms with E-state index in [1.165, 1.54) is 29.2 Å². The predicted molar refractivity (Wildman–Crippen MR) is 75.8 cm³/mol. The molecule has 1 fully saturated rings. The third-order valence-electron chi connectivity index (χ3n) is 3.06. The molecule has 0 aliphatic carbocycles. The van der Waals surface area contributed by atoms with E-state index in [1.54, 1.807) is 0 Å². The van der Waals surface area contributed by atoms with Gasteiger partial charge in [0.15, 0.2) is 0 Å². The van der Waals surface area contributed by atoms with Gasteiger partial charge in [-0.3, -0.25) is 4.90 Å². The first kappa shape index (κ1) is 19.3. The minimum absolute atomic E-state index is 0. The Labute approximate surface area is 128 Å². The zero-order valence-electron chi connectivity index (χ0n) is 10.6. The summed E-state index contributed by atoms with van der Waals surface area (Å²) < 4.78 is 39.6. The summed E-state index contributed by atoms with van der Waals surface area (Å²) in [6, 6.07) is 3.91. The Morgan fingerprint density at radius 1 is 1.10 bits per heavy atom. The molecule has 2 N–H and O–H groups in total. The van der Waals surface area contributed by atoms with Crippen LogP contribution in [0.3, 0.4) is 0 Å². The second-order valence-electron chi connectivity index (χ2n) is 4.29. The van der Waals surface area contributed by atoms with Gasteiger partial charge in [0.1, 0.15) is 11.8 Å². The lowest BCUT2D eigenvalue weighted by Crippen LogP contribution is -2.49. The molecule has 1 aromatic carbocycles. The number of nitrogens with zero attached hydrogens (tertiary/aromatic N) is 1. The average Bonchev–Trinajstić information content (AvgIpc) is 2.32. The van der Waals surface area contributed by atoms with Crippen LogP contribution in [0.1, 0.15) is 11.6 Å². The Hall–Kier alpha value is -0.690. The van der Waals surface area contributed by atoms with Crippen LogP contribution in [0.2, 0.25) is 0 Å². The van der Waals surface area contributed by atoms with E-state index in [-0.39, 0.29) is 36.1 Å². The largest absolute Gasteiger partial charge is 0.508 e. The number of benzene rings is 1. The molecule has 1 atom stereocenters. The number of rotatable bonds is 2. The molecule has 116 valence electrons. The number of aromatic hydroxyl groups is 1. The zero-order valence-corrected chi connectivity index (χ0v) is 12.2. The van der Waals surface area contributed by atoms with E-state index in [1.807, 2.05) is 0 Å². The number of hydrogen-bond acceptors (Lipinski definition) is 3. The number of phenolic OH excluding ortho intramolecular Hbond substituents is 1. The van der Waals surface area contributed by atoms with Gasteiger partial charge in [-0.1, -0.05) is 18.2 Å². The fourth-order valence-electron chi connectivity index (χ4n) is 2.24. The van der Waals surface area contributed by atoms with Crippen molar-refractivity contribution in [3.8, 4) is 5.75 Å². The summed E-state index contributed by atoms with van der Waals surface area (Å²) in [6.45, 7) is 1.69. The highest BCUT2D eigenvalue weighted by Gasteiger charge is 2.45. The summed E-state index contributed by atoms with van der Waals surface area (Å²) in [7, 11) is 0. The van der Waals surface area contributed by atoms with Crippen LogP contribution in [-0.4, -0.2) is 42.4 Å². The fraction of sp³-hybridized carbons (Fsp3) is 0.500. The first-order chi connectivity index (χ1) is 8.50. The molecule has 2 rings (SSSR count). The predicted octanol–water partition coefficient (Wildman–Crippen LogP) is 2.74. The minimum atomic E-state index is -4.39. The molecule has 0 unspecified atom stereocenters. The van der Waals surface area contributed by atoms with Crippen molar-refractivity contribution in [1.82, 2.24) is 10.2 Å². The molecule has 0 bridgehead atoms. The third kappa shape index (κ3) is 4.41. The molecule has 3 nitrogen and oxygen atoms in total. The first-order valence-corrected chi connectivity index (χ1v) is 5.79. The molecular formula is C12H17Cl2F3N2O. The van der Waals surface area contributed by atoms with Gasteiger partial charge in [-0.15, -0.1) is 24.8 Å². The average molecular weight is 333 g/mol. The number of alkyl halides is 3. The van der Waals surface area contributed by atoms with Gasteiger partial charge >= 0.3 is 6.18 Å². The molecule has 1 aromatic rings. The highest BCUT2D eigenvalue weighted by atomic mass is 35.5. The van der Waals surface area contributed by atoms with Crippen LogP contribution in [0.15, 0.2) is 24.3 Å². The Morgan fingerprint density at radius 3 is 2.15 bits per heavy atom. The maximum atomic E-state index is 13.2. The van der Waals surface area contributed by atoms with Crippen LogP contribution in [0.5, 0.6) is 5.75 Å². The number of nitrogens with one attached hydrogen (secondary N) is 1. The Bertz CT molecular complexity index is 412. The maximum Gasteiger partial charge on any atom is 0.408 e. The monoisotopic (exact) mass is 332 g/mol. The Morgan fingerprint density at radius 2 is 1.65 bits per heavy atom. The summed E-state index contributed by atoms with van der Waals surface area (Å²) in [5.41, 5.74) is -0.0769. The van der Waals surface area contributed by atoms with Gasteiger partial charge in [0.05, 0.1) is 0 Å². The van der Waals surface area contributed by atoms with E-state index in [4.69, 9.17) is 0 Å². The van der Waals surface area contributed by atoms with Gasteiger partial charge in [0.2, 0.25) is 0 Å². The smallest absolute Gasteiger partial charge is 0.408 e. The lowest BCUT2D eigenvalue weighted by atomic mass is 10.0. The number of hydrogen-bond donors (Lipinski definition) is 2. The van der Waals surface area contributed by atoms with Crippen LogP contribution in [0.25, 0.3) is 0 Å². The third-order valence-corrected chi connectivity index (χ3v) is 3.06. The Kier molecular flexibility index (Phi) is 7.65. The van der Waals surface area contributed by atoms with Crippen molar-refractivity contribution in [3.05, 3.63) is 29.8 Å². The molecule has 1 aliphatic heterocycles. The normalized spacial score (nSPS) is 17.8. The highest BCUT2D eigenvalue weighted by Crippen LogP contribution is 2.40. The molecule has 1 heterocycles. The number of phenols is 1. The topological polar surface area (TPSA) is 35.5 Å². The Balaban J connectivity index is 0.00000180. The second-order valence-corrected chi connectivity index (χ2v) is 4.29. The highest BCUT2D eigenvalue weighted by molar-refractivity contribution is 5.85. The van der Waals surface area contributed by atoms with E-state index in [0.717, 1.165) is 0 Å². The molecule has 0 radical (unpaired) electrons. The molecule has 0 saturated carbocycles. The van der Waals surface area contributed by atoms with Gasteiger partial charge in [0.25, 0.3) is 0 Å². The molecule has 20 heavy (non-hydrogen) atoms. The van der Waals surface area contributed by atoms with Crippen molar-refractivity contribution in [2.45, 2.75) is 12.2 Å². The van der Waals surface area contributed by atoms with Crippen molar-refractivity contribution < 1.29 is 18.3 Å². The molecular weight excluding hydrogens is 316 g/mol. The van der Waals surface area contributed by atoms with E-state index >= 15 is 0 Å². The molecule has 0 amide bonds. The van der Waals surface area contributed by atoms with Crippen molar-refractivity contribution >= 4 is 24.8 Å². The number of piperazine rings is 1. The van der Waals surface area contributed by atoms with Crippen molar-refractivity contribution in [3.63, 3.8) is 0 Å². The summed E-state index contributed by atoms with van der Waals surface area (Å²) in [4.78, 5) is 1.35. The lowest BCUT2D eigenvalue weighted by molar-refractivity contribution is -0.188. The van der Waals surface area contributed by atoms with Gasteiger partial charge in [0, 0.05) is 31.7 Å². The molecule has 8 heteroatoms. The zero-order chi connectivity index (χ0) is 13.2. The van der Waals surface area contributed by atoms with Gasteiger partial charge in [-0.25, -0.2) is 0 Å². The van der Waals surface area contributed by atoms with Crippen LogP contribution in [0, 0.1) is 0 Å². The molecule has 0 spiro atoms. The van der Waals surface area contributed by atoms with Crippen LogP contribution in [0.4, 0.5) is 13.2 Å². The van der Waals surface area contributed by atoms with Gasteiger partial charge in [-0.2, -0.15) is 13.2 Å². The SMILES string of the molecule is Cl.Cl.Oc1ccccc1[C@@H](N1CCNCC1)C(F)(F)F. The van der Waals surface area contributed by atoms with Crippen LogP contribution >= 0.6 is 24.8 Å². The quantitative estimate of drug-likeness (QED) is 0.874. The maximum absolute atomic E-state index is 13.2.